The largest absolute Gasteiger partial charge is 0.354 e. The lowest BCUT2D eigenvalue weighted by molar-refractivity contribution is 0.630. The second-order valence-electron chi connectivity index (χ2n) is 24.8. The number of aliphatic imine (C=N–C) groups is 5. The Morgan fingerprint density at radius 2 is 0.567 bits per heavy atom. The van der Waals surface area contributed by atoms with Crippen LogP contribution in [0.4, 0.5) is 0 Å². The van der Waals surface area contributed by atoms with Crippen molar-refractivity contribution in [1.29, 1.82) is 0 Å². The summed E-state index contributed by atoms with van der Waals surface area (Å²) in [7, 11) is 0. The fourth-order valence-corrected chi connectivity index (χ4v) is 14.7. The van der Waals surface area contributed by atoms with Gasteiger partial charge in [-0.15, -0.1) is 0 Å². The topological polar surface area (TPSA) is 98.3 Å². The van der Waals surface area contributed by atoms with Gasteiger partial charge in [0.2, 0.25) is 0 Å². The zero-order chi connectivity index (χ0) is 64.2. The molecule has 8 nitrogen and oxygen atoms in total. The predicted molar refractivity (Wildman–Crippen MR) is 397 cm³/mol. The highest BCUT2D eigenvalue weighted by atomic mass is 15.0. The van der Waals surface area contributed by atoms with E-state index in [1.165, 1.54) is 0 Å². The average Bonchev–Trinajstić information content (AvgIpc) is 1.63. The summed E-state index contributed by atoms with van der Waals surface area (Å²) in [6.07, 6.45) is 21.9. The Balaban J connectivity index is 0.935. The Labute approximate surface area is 561 Å². The van der Waals surface area contributed by atoms with Crippen molar-refractivity contribution in [2.75, 3.05) is 0 Å². The van der Waals surface area contributed by atoms with Crippen LogP contribution in [0, 0.1) is 5.92 Å². The van der Waals surface area contributed by atoms with E-state index in [1.54, 1.807) is 0 Å². The highest BCUT2D eigenvalue weighted by Gasteiger charge is 2.37. The fourth-order valence-electron chi connectivity index (χ4n) is 14.7. The van der Waals surface area contributed by atoms with Crippen molar-refractivity contribution in [1.82, 2.24) is 14.5 Å². The fraction of sp³-hybridized carbons (Fsp3) is 0.0225. The molecule has 11 aromatic rings. The second-order valence-corrected chi connectivity index (χ2v) is 24.8. The van der Waals surface area contributed by atoms with Crippen LogP contribution in [0.3, 0.4) is 0 Å². The summed E-state index contributed by atoms with van der Waals surface area (Å²) in [6, 6.07) is 96.5. The lowest BCUT2D eigenvalue weighted by Crippen LogP contribution is -2.24. The van der Waals surface area contributed by atoms with E-state index in [0.717, 1.165) is 179 Å². The Bertz CT molecular complexity index is 5620. The van der Waals surface area contributed by atoms with Gasteiger partial charge in [-0.05, 0) is 129 Å². The molecule has 0 saturated heterocycles. The number of H-pyrrole nitrogens is 2. The van der Waals surface area contributed by atoms with Crippen molar-refractivity contribution in [2.45, 2.75) is 6.54 Å². The third-order valence-electron chi connectivity index (χ3n) is 19.0. The summed E-state index contributed by atoms with van der Waals surface area (Å²) in [5.74, 6) is -0.406. The molecule has 18 rings (SSSR count). The number of hydrogen-bond donors (Lipinski definition) is 2. The number of fused-ring (bicyclic) bond motifs is 12. The lowest BCUT2D eigenvalue weighted by Gasteiger charge is -2.25. The third kappa shape index (κ3) is 10.3. The predicted octanol–water partition coefficient (Wildman–Crippen LogP) is 15.7. The van der Waals surface area contributed by atoms with Crippen LogP contribution in [-0.2, 0) is 6.54 Å². The minimum absolute atomic E-state index is 0.406. The number of nitrogens with one attached hydrogen (secondary N) is 2. The van der Waals surface area contributed by atoms with Crippen LogP contribution >= 0.6 is 0 Å². The quantitative estimate of drug-likeness (QED) is 0.136. The maximum absolute atomic E-state index is 5.80. The van der Waals surface area contributed by atoms with E-state index >= 15 is 0 Å². The molecule has 7 aliphatic rings. The van der Waals surface area contributed by atoms with Gasteiger partial charge in [0, 0.05) is 96.4 Å². The molecule has 10 heterocycles. The molecular formula is C89H60N8. The molecular weight excluding hydrogens is 1180 g/mol. The van der Waals surface area contributed by atoms with Gasteiger partial charge in [-0.25, -0.2) is 20.0 Å². The summed E-state index contributed by atoms with van der Waals surface area (Å²) in [5, 5.41) is 3.79. The molecule has 0 saturated carbocycles. The van der Waals surface area contributed by atoms with Gasteiger partial charge in [-0.1, -0.05) is 243 Å². The number of hydrogen-bond acceptors (Lipinski definition) is 5. The highest BCUT2D eigenvalue weighted by Crippen LogP contribution is 2.46. The molecule has 1 unspecified atom stereocenters. The van der Waals surface area contributed by atoms with E-state index in [-0.39, 0.29) is 0 Å². The van der Waals surface area contributed by atoms with Crippen LogP contribution in [0.1, 0.15) is 55.8 Å². The average molecular weight is 1240 g/mol. The van der Waals surface area contributed by atoms with E-state index in [9.17, 15) is 0 Å². The first-order valence-electron chi connectivity index (χ1n) is 33.0. The molecule has 0 aliphatic carbocycles. The second kappa shape index (κ2) is 24.2. The third-order valence-corrected chi connectivity index (χ3v) is 19.0. The molecule has 0 fully saturated rings. The van der Waals surface area contributed by atoms with Gasteiger partial charge in [0.15, 0.2) is 0 Å². The summed E-state index contributed by atoms with van der Waals surface area (Å²) >= 11 is 0. The van der Waals surface area contributed by atoms with Crippen molar-refractivity contribution in [3.8, 4) is 0 Å². The van der Waals surface area contributed by atoms with Crippen LogP contribution in [0.2, 0.25) is 0 Å². The van der Waals surface area contributed by atoms with E-state index in [1.807, 2.05) is 0 Å². The molecule has 456 valence electrons. The van der Waals surface area contributed by atoms with Crippen LogP contribution in [0.15, 0.2) is 387 Å². The van der Waals surface area contributed by atoms with Crippen molar-refractivity contribution < 1.29 is 0 Å². The molecule has 16 bridgehead atoms. The number of benzene rings is 8. The van der Waals surface area contributed by atoms with Crippen LogP contribution in [0.5, 0.6) is 0 Å². The van der Waals surface area contributed by atoms with Gasteiger partial charge in [0.1, 0.15) is 0 Å². The summed E-state index contributed by atoms with van der Waals surface area (Å²) < 4.78 is 2.47. The van der Waals surface area contributed by atoms with Gasteiger partial charge in [0.05, 0.1) is 57.0 Å². The Kier molecular flexibility index (Phi) is 14.2. The van der Waals surface area contributed by atoms with Crippen LogP contribution < -0.4 is 21.4 Å². The highest BCUT2D eigenvalue weighted by molar-refractivity contribution is 6.35. The van der Waals surface area contributed by atoms with E-state index < -0.39 is 5.92 Å². The Morgan fingerprint density at radius 1 is 0.278 bits per heavy atom. The molecule has 2 N–H and O–H groups in total. The van der Waals surface area contributed by atoms with E-state index in [4.69, 9.17) is 25.0 Å². The standard InChI is InChI=1S/C89H60N8/c1-9-25-57(26-10-1)81-65-53-80(87(63-37-21-7-22-38-63)78-51-49-76(95-78)85(61-33-17-5-18-34-61)74-47-45-72(93-74)83(59-29-13-3-14-30-59)70-43-41-68(81)91-70)97(55-65)56-67-66-54-90-89(67)88(64-39-23-8-24-40-64)79-52-50-77(96-79)86(62-35-19-6-20-36-62)75-48-46-73(94-75)84(60-31-15-4-16-32-60)71-44-42-69(92-71)82(66)58-27-11-2-12-28-58/h1-55,67,93-94H,56H2. The first kappa shape index (κ1) is 56.8. The number of aromatic amines is 2. The van der Waals surface area contributed by atoms with E-state index in [2.05, 4.69) is 349 Å². The number of aromatic nitrogens is 3. The molecule has 0 amide bonds. The first-order valence-corrected chi connectivity index (χ1v) is 33.0. The maximum atomic E-state index is 5.80. The van der Waals surface area contributed by atoms with Gasteiger partial charge < -0.3 is 14.5 Å². The van der Waals surface area contributed by atoms with Crippen molar-refractivity contribution in [3.05, 3.63) is 440 Å². The molecule has 1 atom stereocenters. The van der Waals surface area contributed by atoms with Crippen molar-refractivity contribution in [2.24, 2.45) is 30.9 Å². The van der Waals surface area contributed by atoms with Crippen molar-refractivity contribution in [3.63, 3.8) is 0 Å². The summed E-state index contributed by atoms with van der Waals surface area (Å²) in [6.45, 7) is 0.435. The molecule has 97 heavy (non-hydrogen) atoms. The van der Waals surface area contributed by atoms with Crippen LogP contribution in [-0.4, -0.2) is 43.1 Å². The molecule has 0 spiro atoms. The molecule has 7 aliphatic heterocycles. The van der Waals surface area contributed by atoms with Gasteiger partial charge in [-0.2, -0.15) is 0 Å². The smallest absolute Gasteiger partial charge is 0.0737 e. The zero-order valence-electron chi connectivity index (χ0n) is 52.7. The first-order chi connectivity index (χ1) is 48.1. The minimum Gasteiger partial charge on any atom is -0.354 e. The summed E-state index contributed by atoms with van der Waals surface area (Å²) in [4.78, 5) is 36.7. The molecule has 0 radical (unpaired) electrons. The molecule has 8 aromatic carbocycles. The number of rotatable bonds is 10. The molecule has 8 heteroatoms. The number of allylic oxidation sites excluding steroid dienone is 11. The SMILES string of the molecule is C1=CC2=C(c3ccccc3)C3=CN=C(C(c4ccccc4)=C4C=CC(=N4)C(c4ccccc4)=c4ccc([nH]4)=C(c4ccccc4)C1=N2)C3Cn1cc2cc1C(c1ccccc1)=C1C=CC(=N1)C(c1ccccc1)=c1ccc([nH]1)=C(c1ccccc1)C1=NC(=C2c2ccccc2)C=C1. The van der Waals surface area contributed by atoms with Gasteiger partial charge in [0.25, 0.3) is 0 Å². The van der Waals surface area contributed by atoms with E-state index in [0.29, 0.717) is 6.54 Å². The Hall–Kier alpha value is -12.9. The maximum Gasteiger partial charge on any atom is 0.0737 e. The summed E-state index contributed by atoms with van der Waals surface area (Å²) in [5.41, 5.74) is 26.8. The van der Waals surface area contributed by atoms with Crippen LogP contribution in [0.25, 0.3) is 44.6 Å². The minimum atomic E-state index is -0.406. The Morgan fingerprint density at radius 3 is 0.928 bits per heavy atom. The zero-order valence-corrected chi connectivity index (χ0v) is 52.7. The monoisotopic (exact) mass is 1240 g/mol. The lowest BCUT2D eigenvalue weighted by atomic mass is 9.82. The molecule has 3 aromatic heterocycles. The number of nitrogens with zero attached hydrogens (tertiary/aromatic N) is 6. The van der Waals surface area contributed by atoms with Crippen molar-refractivity contribution >= 4 is 73.1 Å². The normalized spacial score (nSPS) is 17.0. The van der Waals surface area contributed by atoms with Gasteiger partial charge in [-0.3, -0.25) is 4.99 Å². The van der Waals surface area contributed by atoms with Gasteiger partial charge >= 0.3 is 0 Å².